The fourth-order valence-corrected chi connectivity index (χ4v) is 5.29. The number of carboxylic acid groups (broad SMARTS) is 1. The lowest BCUT2D eigenvalue weighted by atomic mass is 9.64. The van der Waals surface area contributed by atoms with E-state index in [-0.39, 0.29) is 11.8 Å². The molecule has 1 aromatic carbocycles. The first-order chi connectivity index (χ1) is 11.7. The summed E-state index contributed by atoms with van der Waals surface area (Å²) in [6.07, 6.45) is 0. The zero-order valence-electron chi connectivity index (χ0n) is 14.5. The summed E-state index contributed by atoms with van der Waals surface area (Å²) < 4.78 is 0.807. The van der Waals surface area contributed by atoms with E-state index in [1.807, 2.05) is 13.8 Å². The van der Waals surface area contributed by atoms with Gasteiger partial charge in [0.05, 0.1) is 27.8 Å². The number of thiol groups is 1. The van der Waals surface area contributed by atoms with Crippen molar-refractivity contribution in [3.05, 3.63) is 28.8 Å². The molecule has 2 unspecified atom stereocenters. The molecular formula is C18H20N2O3S2. The van der Waals surface area contributed by atoms with Gasteiger partial charge in [0.25, 0.3) is 0 Å². The minimum absolute atomic E-state index is 0.280. The zero-order chi connectivity index (χ0) is 18.9. The first kappa shape index (κ1) is 19.4. The number of aromatic nitrogens is 1. The van der Waals surface area contributed by atoms with E-state index in [1.165, 1.54) is 11.3 Å². The Kier molecular flexibility index (Phi) is 5.55. The number of nitrogens with zero attached hydrogens (tertiary/aromatic N) is 2. The van der Waals surface area contributed by atoms with E-state index in [0.717, 1.165) is 4.70 Å². The van der Waals surface area contributed by atoms with E-state index in [2.05, 4.69) is 23.7 Å². The zero-order valence-corrected chi connectivity index (χ0v) is 16.2. The Morgan fingerprint density at radius 1 is 1.32 bits per heavy atom. The summed E-state index contributed by atoms with van der Waals surface area (Å²) in [4.78, 5) is 29.3. The molecule has 0 aliphatic carbocycles. The van der Waals surface area contributed by atoms with Crippen LogP contribution in [-0.2, 0) is 15.0 Å². The average Bonchev–Trinajstić information content (AvgIpc) is 2.93. The number of hydrogen-bond acceptors (Lipinski definition) is 5. The molecule has 132 valence electrons. The maximum Gasteiger partial charge on any atom is 0.308 e. The molecule has 0 saturated carbocycles. The Morgan fingerprint density at radius 2 is 1.96 bits per heavy atom. The first-order valence-electron chi connectivity index (χ1n) is 7.93. The minimum atomic E-state index is -1.33. The largest absolute Gasteiger partial charge is 0.481 e. The van der Waals surface area contributed by atoms with Crippen molar-refractivity contribution >= 4 is 45.3 Å². The molecule has 1 aromatic heterocycles. The minimum Gasteiger partial charge on any atom is -0.481 e. The maximum absolute atomic E-state index is 12.7. The van der Waals surface area contributed by atoms with Crippen molar-refractivity contribution in [1.82, 2.24) is 4.98 Å². The van der Waals surface area contributed by atoms with Gasteiger partial charge in [-0.1, -0.05) is 27.7 Å². The van der Waals surface area contributed by atoms with Crippen LogP contribution in [0.5, 0.6) is 0 Å². The number of carbonyl (C=O) groups excluding carboxylic acids is 1. The predicted molar refractivity (Wildman–Crippen MR) is 101 cm³/mol. The Bertz CT molecular complexity index is 867. The number of carboxylic acids is 1. The summed E-state index contributed by atoms with van der Waals surface area (Å²) in [6, 6.07) is 7.16. The van der Waals surface area contributed by atoms with Gasteiger partial charge in [-0.25, -0.2) is 4.98 Å². The third kappa shape index (κ3) is 3.16. The fourth-order valence-electron chi connectivity index (χ4n) is 3.39. The van der Waals surface area contributed by atoms with Crippen LogP contribution in [0, 0.1) is 29.1 Å². The Labute approximate surface area is 156 Å². The van der Waals surface area contributed by atoms with Crippen LogP contribution in [0.4, 0.5) is 0 Å². The molecule has 2 rings (SSSR count). The highest BCUT2D eigenvalue weighted by molar-refractivity contribution is 7.96. The molecule has 0 saturated heterocycles. The molecule has 0 bridgehead atoms. The van der Waals surface area contributed by atoms with E-state index in [4.69, 9.17) is 5.26 Å². The SMILES string of the molecule is CC(C)C(C(=O)O)C(C(=O)S)(c1nc2cc(C#N)ccc2s1)C(C)C. The van der Waals surface area contributed by atoms with Gasteiger partial charge in [0.2, 0.25) is 0 Å². The van der Waals surface area contributed by atoms with Crippen molar-refractivity contribution in [2.24, 2.45) is 17.8 Å². The fraction of sp³-hybridized carbons (Fsp3) is 0.444. The summed E-state index contributed by atoms with van der Waals surface area (Å²) in [7, 11) is 0. The molecule has 2 aromatic rings. The monoisotopic (exact) mass is 376 g/mol. The lowest BCUT2D eigenvalue weighted by Gasteiger charge is -2.39. The van der Waals surface area contributed by atoms with E-state index >= 15 is 0 Å². The number of carbonyl (C=O) groups is 2. The van der Waals surface area contributed by atoms with Crippen LogP contribution >= 0.6 is 24.0 Å². The molecular weight excluding hydrogens is 356 g/mol. The number of aliphatic carboxylic acids is 1. The molecule has 0 spiro atoms. The van der Waals surface area contributed by atoms with Crippen molar-refractivity contribution in [2.45, 2.75) is 33.1 Å². The van der Waals surface area contributed by atoms with Crippen LogP contribution in [0.25, 0.3) is 10.2 Å². The highest BCUT2D eigenvalue weighted by atomic mass is 32.1. The summed E-state index contributed by atoms with van der Waals surface area (Å²) in [5, 5.41) is 18.8. The molecule has 1 N–H and O–H groups in total. The molecule has 0 aliphatic heterocycles. The number of hydrogen-bond donors (Lipinski definition) is 2. The van der Waals surface area contributed by atoms with Crippen molar-refractivity contribution in [3.8, 4) is 6.07 Å². The molecule has 0 fully saturated rings. The molecule has 1 heterocycles. The normalized spacial score (nSPS) is 15.1. The lowest BCUT2D eigenvalue weighted by Crippen LogP contribution is -2.51. The van der Waals surface area contributed by atoms with Gasteiger partial charge in [0.1, 0.15) is 10.4 Å². The molecule has 25 heavy (non-hydrogen) atoms. The summed E-state index contributed by atoms with van der Waals surface area (Å²) in [5.41, 5.74) is -0.276. The van der Waals surface area contributed by atoms with Gasteiger partial charge in [-0.3, -0.25) is 9.59 Å². The van der Waals surface area contributed by atoms with Gasteiger partial charge in [-0.15, -0.1) is 24.0 Å². The Balaban J connectivity index is 2.82. The second-order valence-corrected chi connectivity index (χ2v) is 8.14. The number of nitriles is 1. The number of thiazole rings is 1. The van der Waals surface area contributed by atoms with Crippen molar-refractivity contribution in [1.29, 1.82) is 5.26 Å². The topological polar surface area (TPSA) is 91.0 Å². The summed E-state index contributed by atoms with van der Waals surface area (Å²) >= 11 is 5.38. The van der Waals surface area contributed by atoms with Crippen LogP contribution in [0.2, 0.25) is 0 Å². The van der Waals surface area contributed by atoms with E-state index in [1.54, 1.807) is 32.0 Å². The maximum atomic E-state index is 12.7. The third-order valence-electron chi connectivity index (χ3n) is 4.56. The summed E-state index contributed by atoms with van der Waals surface area (Å²) in [5.74, 6) is -2.58. The molecule has 0 radical (unpaired) electrons. The molecule has 0 amide bonds. The number of fused-ring (bicyclic) bond motifs is 1. The van der Waals surface area contributed by atoms with Crippen LogP contribution in [0.1, 0.15) is 38.3 Å². The first-order valence-corrected chi connectivity index (χ1v) is 9.20. The third-order valence-corrected chi connectivity index (χ3v) is 6.12. The molecule has 0 aliphatic rings. The van der Waals surface area contributed by atoms with Crippen molar-refractivity contribution in [3.63, 3.8) is 0 Å². The second kappa shape index (κ2) is 7.14. The van der Waals surface area contributed by atoms with E-state index in [0.29, 0.717) is 16.1 Å². The van der Waals surface area contributed by atoms with Gasteiger partial charge in [-0.2, -0.15) is 5.26 Å². The van der Waals surface area contributed by atoms with Gasteiger partial charge in [0, 0.05) is 0 Å². The van der Waals surface area contributed by atoms with Gasteiger partial charge < -0.3 is 5.11 Å². The van der Waals surface area contributed by atoms with Crippen LogP contribution in [-0.4, -0.2) is 21.2 Å². The number of rotatable bonds is 6. The Hall–Kier alpha value is -1.91. The van der Waals surface area contributed by atoms with Crippen molar-refractivity contribution < 1.29 is 14.7 Å². The number of benzene rings is 1. The predicted octanol–water partition coefficient (Wildman–Crippen LogP) is 3.87. The van der Waals surface area contributed by atoms with Crippen LogP contribution < -0.4 is 0 Å². The van der Waals surface area contributed by atoms with Gasteiger partial charge in [-0.05, 0) is 30.0 Å². The van der Waals surface area contributed by atoms with Crippen LogP contribution in [0.3, 0.4) is 0 Å². The molecule has 5 nitrogen and oxygen atoms in total. The smallest absolute Gasteiger partial charge is 0.308 e. The standard InChI is InChI=1S/C18H20N2O3S2/c1-9(2)14(15(21)22)18(10(3)4,17(23)24)16-20-12-7-11(8-19)5-6-13(12)25-16/h5-7,9-10,14H,1-4H3,(H,21,22)(H,23,24). The highest BCUT2D eigenvalue weighted by Crippen LogP contribution is 2.47. The quantitative estimate of drug-likeness (QED) is 0.747. The van der Waals surface area contributed by atoms with E-state index < -0.39 is 22.4 Å². The lowest BCUT2D eigenvalue weighted by molar-refractivity contribution is -0.150. The summed E-state index contributed by atoms with van der Waals surface area (Å²) in [6.45, 7) is 7.21. The van der Waals surface area contributed by atoms with Crippen LogP contribution in [0.15, 0.2) is 18.2 Å². The van der Waals surface area contributed by atoms with Crippen molar-refractivity contribution in [2.75, 3.05) is 0 Å². The Morgan fingerprint density at radius 3 is 2.40 bits per heavy atom. The average molecular weight is 377 g/mol. The second-order valence-electron chi connectivity index (χ2n) is 6.70. The van der Waals surface area contributed by atoms with E-state index in [9.17, 15) is 14.7 Å². The molecule has 7 heteroatoms. The highest BCUT2D eigenvalue weighted by Gasteiger charge is 2.54. The van der Waals surface area contributed by atoms with Gasteiger partial charge in [0.15, 0.2) is 5.12 Å². The molecule has 2 atom stereocenters. The van der Waals surface area contributed by atoms with Gasteiger partial charge >= 0.3 is 5.97 Å².